The molecule has 0 saturated carbocycles. The molecule has 2 heterocycles. The molecule has 10 atom stereocenters. The Hall–Kier alpha value is -0.0500. The summed E-state index contributed by atoms with van der Waals surface area (Å²) in [7, 11) is 1.26. The van der Waals surface area contributed by atoms with Crippen molar-refractivity contribution in [1.29, 1.82) is 0 Å². The highest BCUT2D eigenvalue weighted by atomic mass is 32.2. The number of aliphatic hydroxyl groups excluding tert-OH is 7. The second kappa shape index (κ2) is 8.56. The summed E-state index contributed by atoms with van der Waals surface area (Å²) in [4.78, 5) is 0. The molecular formula is C13H24O10S. The molecule has 0 spiro atoms. The van der Waals surface area contributed by atoms with Crippen LogP contribution in [0.15, 0.2) is 0 Å². The summed E-state index contributed by atoms with van der Waals surface area (Å²) in [6.07, 6.45) is -10.8. The Morgan fingerprint density at radius 2 is 1.50 bits per heavy atom. The van der Waals surface area contributed by atoms with Gasteiger partial charge in [-0.05, 0) is 0 Å². The van der Waals surface area contributed by atoms with Gasteiger partial charge in [-0.2, -0.15) is 0 Å². The number of hydrogen-bond acceptors (Lipinski definition) is 11. The highest BCUT2D eigenvalue weighted by molar-refractivity contribution is 8.00. The number of methoxy groups -OCH3 is 1. The van der Waals surface area contributed by atoms with Crippen LogP contribution < -0.4 is 0 Å². The predicted molar refractivity (Wildman–Crippen MR) is 79.9 cm³/mol. The molecule has 0 unspecified atom stereocenters. The van der Waals surface area contributed by atoms with E-state index in [1.165, 1.54) is 7.11 Å². The zero-order valence-electron chi connectivity index (χ0n) is 13.0. The fourth-order valence-electron chi connectivity index (χ4n) is 2.64. The fourth-order valence-corrected chi connectivity index (χ4v) is 3.88. The monoisotopic (exact) mass is 372 g/mol. The number of aliphatic hydroxyl groups is 7. The molecule has 0 aromatic rings. The van der Waals surface area contributed by atoms with Crippen LogP contribution in [0, 0.1) is 0 Å². The van der Waals surface area contributed by atoms with Crippen molar-refractivity contribution in [1.82, 2.24) is 0 Å². The van der Waals surface area contributed by atoms with Crippen LogP contribution in [-0.4, -0.2) is 116 Å². The number of ether oxygens (including phenoxy) is 3. The summed E-state index contributed by atoms with van der Waals surface area (Å²) in [5, 5.41) is 67.3. The standard InChI is InChI=1S/C13H24O10S/c1-21-12-10(19)8(17)6(15)4(23-12)3-22-13-11(20)9(18)7(16)5(2-14)24-13/h4-20H,2-3H2,1H3/t4-,5-,6-,7-,8+,9+,10-,11-,12+,13-/m1/s1. The van der Waals surface area contributed by atoms with Crippen LogP contribution in [0.2, 0.25) is 0 Å². The van der Waals surface area contributed by atoms with Crippen LogP contribution in [0.1, 0.15) is 0 Å². The number of hydrogen-bond donors (Lipinski definition) is 7. The van der Waals surface area contributed by atoms with Crippen molar-refractivity contribution >= 4 is 11.8 Å². The van der Waals surface area contributed by atoms with E-state index in [1.54, 1.807) is 0 Å². The van der Waals surface area contributed by atoms with Crippen molar-refractivity contribution in [2.75, 3.05) is 20.3 Å². The zero-order valence-corrected chi connectivity index (χ0v) is 13.8. The van der Waals surface area contributed by atoms with Crippen molar-refractivity contribution in [3.05, 3.63) is 0 Å². The van der Waals surface area contributed by atoms with Gasteiger partial charge in [-0.1, -0.05) is 0 Å². The van der Waals surface area contributed by atoms with Crippen LogP contribution in [0.5, 0.6) is 0 Å². The predicted octanol–water partition coefficient (Wildman–Crippen LogP) is -4.03. The van der Waals surface area contributed by atoms with E-state index in [2.05, 4.69) is 0 Å². The first-order valence-corrected chi connectivity index (χ1v) is 8.40. The average molecular weight is 372 g/mol. The topological polar surface area (TPSA) is 169 Å². The average Bonchev–Trinajstić information content (AvgIpc) is 2.58. The Morgan fingerprint density at radius 3 is 2.08 bits per heavy atom. The highest BCUT2D eigenvalue weighted by Crippen LogP contribution is 2.34. The molecule has 0 bridgehead atoms. The summed E-state index contributed by atoms with van der Waals surface area (Å²) >= 11 is 0.937. The maximum Gasteiger partial charge on any atom is 0.186 e. The molecule has 7 N–H and O–H groups in total. The first-order chi connectivity index (χ1) is 11.3. The summed E-state index contributed by atoms with van der Waals surface area (Å²) in [5.41, 5.74) is -0.985. The third kappa shape index (κ3) is 4.02. The van der Waals surface area contributed by atoms with Gasteiger partial charge in [0.05, 0.1) is 24.6 Å². The molecule has 0 amide bonds. The molecular weight excluding hydrogens is 348 g/mol. The Balaban J connectivity index is 1.96. The third-order valence-electron chi connectivity index (χ3n) is 4.17. The number of thioether (sulfide) groups is 1. The van der Waals surface area contributed by atoms with E-state index < -0.39 is 66.3 Å². The first kappa shape index (κ1) is 20.3. The lowest BCUT2D eigenvalue weighted by Crippen LogP contribution is -2.60. The minimum Gasteiger partial charge on any atom is -0.395 e. The van der Waals surface area contributed by atoms with Crippen LogP contribution in [0.25, 0.3) is 0 Å². The van der Waals surface area contributed by atoms with Crippen molar-refractivity contribution in [2.45, 2.75) is 59.7 Å². The van der Waals surface area contributed by atoms with Crippen molar-refractivity contribution in [2.24, 2.45) is 0 Å². The van der Waals surface area contributed by atoms with Crippen LogP contribution in [0.3, 0.4) is 0 Å². The molecule has 2 aliphatic rings. The van der Waals surface area contributed by atoms with Gasteiger partial charge in [0.25, 0.3) is 0 Å². The van der Waals surface area contributed by atoms with E-state index in [0.29, 0.717) is 0 Å². The summed E-state index contributed by atoms with van der Waals surface area (Å²) in [6.45, 7) is -0.699. The van der Waals surface area contributed by atoms with Crippen LogP contribution in [-0.2, 0) is 14.2 Å². The summed E-state index contributed by atoms with van der Waals surface area (Å²) < 4.78 is 15.6. The van der Waals surface area contributed by atoms with Gasteiger partial charge in [0.15, 0.2) is 6.29 Å². The highest BCUT2D eigenvalue weighted by Gasteiger charge is 2.46. The van der Waals surface area contributed by atoms with Gasteiger partial charge in [-0.25, -0.2) is 0 Å². The largest absolute Gasteiger partial charge is 0.395 e. The van der Waals surface area contributed by atoms with E-state index in [0.717, 1.165) is 11.8 Å². The molecule has 0 radical (unpaired) electrons. The minimum absolute atomic E-state index is 0.277. The van der Waals surface area contributed by atoms with Gasteiger partial charge >= 0.3 is 0 Å². The molecule has 0 aromatic carbocycles. The van der Waals surface area contributed by atoms with Crippen molar-refractivity contribution in [3.63, 3.8) is 0 Å². The van der Waals surface area contributed by atoms with E-state index in [9.17, 15) is 35.7 Å². The van der Waals surface area contributed by atoms with Crippen molar-refractivity contribution in [3.8, 4) is 0 Å². The van der Waals surface area contributed by atoms with E-state index in [1.807, 2.05) is 0 Å². The normalized spacial score (nSPS) is 50.0. The van der Waals surface area contributed by atoms with Gasteiger partial charge in [0.2, 0.25) is 0 Å². The Kier molecular flexibility index (Phi) is 7.22. The molecule has 11 heteroatoms. The maximum absolute atomic E-state index is 9.95. The van der Waals surface area contributed by atoms with Gasteiger partial charge in [-0.3, -0.25) is 0 Å². The second-order valence-corrected chi connectivity index (χ2v) is 7.12. The Bertz CT molecular complexity index is 361. The van der Waals surface area contributed by atoms with Gasteiger partial charge in [-0.15, -0.1) is 11.8 Å². The smallest absolute Gasteiger partial charge is 0.186 e. The molecule has 0 aliphatic carbocycles. The fraction of sp³-hybridized carbons (Fsp3) is 1.00. The number of rotatable bonds is 5. The summed E-state index contributed by atoms with van der Waals surface area (Å²) in [5.74, 6) is 0. The van der Waals surface area contributed by atoms with Crippen LogP contribution >= 0.6 is 11.8 Å². The molecule has 2 aliphatic heterocycles. The Morgan fingerprint density at radius 1 is 0.875 bits per heavy atom. The van der Waals surface area contributed by atoms with E-state index in [-0.39, 0.29) is 6.61 Å². The molecule has 2 saturated heterocycles. The SMILES string of the molecule is CO[C@H]1O[C@H](CO[C@@H]2S[C@H](CO)[C@@H](O)[C@H](O)[C@H]2O)[C@@H](O)[C@H](O)[C@H]1O. The van der Waals surface area contributed by atoms with E-state index in [4.69, 9.17) is 14.2 Å². The third-order valence-corrected chi connectivity index (χ3v) is 5.63. The van der Waals surface area contributed by atoms with Crippen molar-refractivity contribution < 1.29 is 50.0 Å². The molecule has 2 fully saturated rings. The molecule has 142 valence electrons. The quantitative estimate of drug-likeness (QED) is 0.251. The first-order valence-electron chi connectivity index (χ1n) is 7.46. The zero-order chi connectivity index (χ0) is 18.0. The van der Waals surface area contributed by atoms with Gasteiger partial charge in [0.1, 0.15) is 42.1 Å². The van der Waals surface area contributed by atoms with E-state index >= 15 is 0 Å². The molecule has 2 rings (SSSR count). The minimum atomic E-state index is -1.50. The maximum atomic E-state index is 9.95. The van der Waals surface area contributed by atoms with Gasteiger partial charge < -0.3 is 50.0 Å². The molecule has 24 heavy (non-hydrogen) atoms. The summed E-state index contributed by atoms with van der Waals surface area (Å²) in [6, 6.07) is 0. The lowest BCUT2D eigenvalue weighted by molar-refractivity contribution is -0.297. The molecule has 10 nitrogen and oxygen atoms in total. The second-order valence-electron chi connectivity index (χ2n) is 5.78. The Labute approximate surface area is 142 Å². The lowest BCUT2D eigenvalue weighted by atomic mass is 9.99. The molecule has 0 aromatic heterocycles. The van der Waals surface area contributed by atoms with Gasteiger partial charge in [0, 0.05) is 7.11 Å². The van der Waals surface area contributed by atoms with Crippen LogP contribution in [0.4, 0.5) is 0 Å². The lowest BCUT2D eigenvalue weighted by Gasteiger charge is -2.42.